The van der Waals surface area contributed by atoms with E-state index in [-0.39, 0.29) is 18.5 Å². The molecule has 0 atom stereocenters. The Balaban J connectivity index is 1.70. The summed E-state index contributed by atoms with van der Waals surface area (Å²) in [6.45, 7) is 8.14. The Hall–Kier alpha value is -2.86. The summed E-state index contributed by atoms with van der Waals surface area (Å²) in [7, 11) is 1.41. The van der Waals surface area contributed by atoms with Crippen LogP contribution in [0.15, 0.2) is 48.5 Å². The third kappa shape index (κ3) is 6.56. The quantitative estimate of drug-likeness (QED) is 0.630. The predicted octanol–water partition coefficient (Wildman–Crippen LogP) is 3.98. The normalized spacial score (nSPS) is 14.5. The van der Waals surface area contributed by atoms with Crippen LogP contribution in [0.5, 0.6) is 0 Å². The second-order valence-corrected chi connectivity index (χ2v) is 8.34. The van der Waals surface area contributed by atoms with Gasteiger partial charge in [0.1, 0.15) is 0 Å². The number of carbonyl (C=O) groups is 2. The fourth-order valence-electron chi connectivity index (χ4n) is 3.68. The van der Waals surface area contributed by atoms with Crippen molar-refractivity contribution in [2.45, 2.75) is 26.8 Å². The molecule has 1 heterocycles. The van der Waals surface area contributed by atoms with Crippen molar-refractivity contribution < 1.29 is 19.1 Å². The van der Waals surface area contributed by atoms with Gasteiger partial charge in [0, 0.05) is 32.7 Å². The minimum Gasteiger partial charge on any atom is -0.469 e. The molecule has 1 aliphatic heterocycles. The Bertz CT molecular complexity index is 874. The summed E-state index contributed by atoms with van der Waals surface area (Å²) in [4.78, 5) is 28.1. The van der Waals surface area contributed by atoms with Crippen molar-refractivity contribution >= 4 is 12.1 Å². The fourth-order valence-corrected chi connectivity index (χ4v) is 3.68. The van der Waals surface area contributed by atoms with Gasteiger partial charge in [0.2, 0.25) is 0 Å². The van der Waals surface area contributed by atoms with Crippen molar-refractivity contribution in [1.82, 2.24) is 9.80 Å². The highest BCUT2D eigenvalue weighted by atomic mass is 16.6. The molecule has 0 spiro atoms. The van der Waals surface area contributed by atoms with Gasteiger partial charge in [-0.2, -0.15) is 0 Å². The number of carbonyl (C=O) groups excluding carboxylic acids is 2. The van der Waals surface area contributed by atoms with Crippen LogP contribution in [0.1, 0.15) is 25.0 Å². The predicted molar refractivity (Wildman–Crippen MR) is 121 cm³/mol. The van der Waals surface area contributed by atoms with E-state index in [9.17, 15) is 9.59 Å². The highest BCUT2D eigenvalue weighted by molar-refractivity contribution is 5.74. The van der Waals surface area contributed by atoms with Crippen LogP contribution in [0.2, 0.25) is 0 Å². The lowest BCUT2D eigenvalue weighted by atomic mass is 9.96. The summed E-state index contributed by atoms with van der Waals surface area (Å²) in [6, 6.07) is 16.4. The Morgan fingerprint density at radius 1 is 1.00 bits per heavy atom. The standard InChI is InChI=1S/C25H32N2O4/c1-19(2)18-31-25(29)27-13-11-26(12-14-27)17-22-15-20(16-24(28)30-3)9-10-23(22)21-7-5-4-6-8-21/h4-10,15,19H,11-14,16-18H2,1-3H3. The molecule has 0 unspecified atom stereocenters. The first kappa shape index (κ1) is 22.8. The fraction of sp³-hybridized carbons (Fsp3) is 0.440. The molecule has 0 N–H and O–H groups in total. The van der Waals surface area contributed by atoms with Gasteiger partial charge in [-0.25, -0.2) is 4.79 Å². The molecule has 2 aromatic rings. The van der Waals surface area contributed by atoms with E-state index < -0.39 is 0 Å². The number of rotatable bonds is 7. The third-order valence-electron chi connectivity index (χ3n) is 5.40. The van der Waals surface area contributed by atoms with Gasteiger partial charge in [-0.1, -0.05) is 62.4 Å². The SMILES string of the molecule is COC(=O)Cc1ccc(-c2ccccc2)c(CN2CCN(C(=O)OCC(C)C)CC2)c1. The van der Waals surface area contributed by atoms with E-state index in [0.29, 0.717) is 25.6 Å². The maximum absolute atomic E-state index is 12.2. The molecule has 31 heavy (non-hydrogen) atoms. The Morgan fingerprint density at radius 2 is 1.71 bits per heavy atom. The van der Waals surface area contributed by atoms with Crippen molar-refractivity contribution in [3.63, 3.8) is 0 Å². The van der Waals surface area contributed by atoms with E-state index in [1.165, 1.54) is 12.7 Å². The molecule has 0 radical (unpaired) electrons. The largest absolute Gasteiger partial charge is 0.469 e. The number of nitrogens with zero attached hydrogens (tertiary/aromatic N) is 2. The smallest absolute Gasteiger partial charge is 0.409 e. The molecule has 0 aromatic heterocycles. The molecule has 0 bridgehead atoms. The minimum absolute atomic E-state index is 0.224. The lowest BCUT2D eigenvalue weighted by Gasteiger charge is -2.34. The van der Waals surface area contributed by atoms with Crippen LogP contribution in [0.25, 0.3) is 11.1 Å². The zero-order valence-electron chi connectivity index (χ0n) is 18.7. The van der Waals surface area contributed by atoms with Gasteiger partial charge in [0.25, 0.3) is 0 Å². The lowest BCUT2D eigenvalue weighted by molar-refractivity contribution is -0.139. The summed E-state index contributed by atoms with van der Waals surface area (Å²) >= 11 is 0. The van der Waals surface area contributed by atoms with Crippen LogP contribution in [-0.4, -0.2) is 61.8 Å². The number of piperazine rings is 1. The molecular weight excluding hydrogens is 392 g/mol. The van der Waals surface area contributed by atoms with E-state index in [1.54, 1.807) is 4.90 Å². The van der Waals surface area contributed by atoms with Crippen molar-refractivity contribution in [3.8, 4) is 11.1 Å². The van der Waals surface area contributed by atoms with Crippen LogP contribution in [0, 0.1) is 5.92 Å². The molecule has 6 heteroatoms. The van der Waals surface area contributed by atoms with Crippen LogP contribution in [-0.2, 0) is 27.2 Å². The first-order valence-corrected chi connectivity index (χ1v) is 10.8. The Kier molecular flexibility index (Phi) is 8.06. The van der Waals surface area contributed by atoms with Gasteiger partial charge >= 0.3 is 12.1 Å². The monoisotopic (exact) mass is 424 g/mol. The summed E-state index contributed by atoms with van der Waals surface area (Å²) in [5, 5.41) is 0. The van der Waals surface area contributed by atoms with E-state index in [0.717, 1.165) is 36.3 Å². The van der Waals surface area contributed by atoms with E-state index in [2.05, 4.69) is 29.2 Å². The van der Waals surface area contributed by atoms with Crippen LogP contribution in [0.4, 0.5) is 4.79 Å². The lowest BCUT2D eigenvalue weighted by Crippen LogP contribution is -2.48. The number of benzene rings is 2. The number of esters is 1. The first-order chi connectivity index (χ1) is 15.0. The van der Waals surface area contributed by atoms with Gasteiger partial charge in [-0.05, 0) is 28.2 Å². The number of methoxy groups -OCH3 is 1. The van der Waals surface area contributed by atoms with Gasteiger partial charge in [-0.3, -0.25) is 9.69 Å². The van der Waals surface area contributed by atoms with Gasteiger partial charge in [-0.15, -0.1) is 0 Å². The zero-order valence-corrected chi connectivity index (χ0v) is 18.7. The second kappa shape index (κ2) is 11.0. The first-order valence-electron chi connectivity index (χ1n) is 10.8. The molecule has 0 aliphatic carbocycles. The molecule has 6 nitrogen and oxygen atoms in total. The van der Waals surface area contributed by atoms with Crippen molar-refractivity contribution in [2.24, 2.45) is 5.92 Å². The second-order valence-electron chi connectivity index (χ2n) is 8.34. The molecular formula is C25H32N2O4. The average Bonchev–Trinajstić information content (AvgIpc) is 2.78. The highest BCUT2D eigenvalue weighted by Crippen LogP contribution is 2.27. The van der Waals surface area contributed by atoms with Crippen molar-refractivity contribution in [3.05, 3.63) is 59.7 Å². The number of amides is 1. The zero-order chi connectivity index (χ0) is 22.2. The van der Waals surface area contributed by atoms with Crippen molar-refractivity contribution in [1.29, 1.82) is 0 Å². The summed E-state index contributed by atoms with van der Waals surface area (Å²) in [5.74, 6) is 0.0887. The number of hydrogen-bond acceptors (Lipinski definition) is 5. The van der Waals surface area contributed by atoms with Gasteiger partial charge in [0.05, 0.1) is 20.1 Å². The van der Waals surface area contributed by atoms with Crippen LogP contribution < -0.4 is 0 Å². The molecule has 1 amide bonds. The molecule has 166 valence electrons. The Morgan fingerprint density at radius 3 is 2.35 bits per heavy atom. The van der Waals surface area contributed by atoms with Crippen molar-refractivity contribution in [2.75, 3.05) is 39.9 Å². The summed E-state index contributed by atoms with van der Waals surface area (Å²) < 4.78 is 10.2. The molecule has 1 fully saturated rings. The number of hydrogen-bond donors (Lipinski definition) is 0. The van der Waals surface area contributed by atoms with Crippen LogP contribution in [0.3, 0.4) is 0 Å². The minimum atomic E-state index is -0.244. The maximum atomic E-state index is 12.2. The van der Waals surface area contributed by atoms with E-state index in [4.69, 9.17) is 9.47 Å². The highest BCUT2D eigenvalue weighted by Gasteiger charge is 2.23. The van der Waals surface area contributed by atoms with Gasteiger partial charge in [0.15, 0.2) is 0 Å². The summed E-state index contributed by atoms with van der Waals surface area (Å²) in [6.07, 6.45) is 0.0343. The number of ether oxygens (including phenoxy) is 2. The molecule has 0 saturated carbocycles. The molecule has 1 saturated heterocycles. The maximum Gasteiger partial charge on any atom is 0.409 e. The Labute approximate surface area is 184 Å². The molecule has 2 aromatic carbocycles. The van der Waals surface area contributed by atoms with Crippen LogP contribution >= 0.6 is 0 Å². The van der Waals surface area contributed by atoms with E-state index in [1.807, 2.05) is 38.1 Å². The molecule has 3 rings (SSSR count). The topological polar surface area (TPSA) is 59.1 Å². The van der Waals surface area contributed by atoms with E-state index >= 15 is 0 Å². The third-order valence-corrected chi connectivity index (χ3v) is 5.40. The summed E-state index contributed by atoms with van der Waals surface area (Å²) in [5.41, 5.74) is 4.42. The van der Waals surface area contributed by atoms with Gasteiger partial charge < -0.3 is 14.4 Å². The average molecular weight is 425 g/mol. The molecule has 1 aliphatic rings.